The van der Waals surface area contributed by atoms with Gasteiger partial charge in [0.15, 0.2) is 0 Å². The lowest BCUT2D eigenvalue weighted by Crippen LogP contribution is -2.21. The van der Waals surface area contributed by atoms with Gasteiger partial charge in [-0.1, -0.05) is 0 Å². The summed E-state index contributed by atoms with van der Waals surface area (Å²) in [5, 5.41) is 8.54. The first-order valence-corrected chi connectivity index (χ1v) is 8.10. The van der Waals surface area contributed by atoms with Gasteiger partial charge in [-0.15, -0.1) is 0 Å². The molecule has 0 atom stereocenters. The zero-order chi connectivity index (χ0) is 18.2. The highest BCUT2D eigenvalue weighted by atomic mass is 16.5. The average molecular weight is 341 g/mol. The summed E-state index contributed by atoms with van der Waals surface area (Å²) in [6, 6.07) is 14.4. The summed E-state index contributed by atoms with van der Waals surface area (Å²) < 4.78 is 5.56. The summed E-state index contributed by atoms with van der Waals surface area (Å²) in [6.45, 7) is 5.52. The first-order chi connectivity index (χ1) is 11.9. The zero-order valence-electron chi connectivity index (χ0n) is 14.6. The summed E-state index contributed by atoms with van der Waals surface area (Å²) in [5.41, 5.74) is 2.22. The van der Waals surface area contributed by atoms with Crippen molar-refractivity contribution in [3.63, 3.8) is 0 Å². The van der Waals surface area contributed by atoms with E-state index in [9.17, 15) is 9.59 Å². The summed E-state index contributed by atoms with van der Waals surface area (Å²) in [6.07, 6.45) is 0.113. The van der Waals surface area contributed by atoms with Crippen LogP contribution in [0.15, 0.2) is 48.5 Å². The van der Waals surface area contributed by atoms with Crippen molar-refractivity contribution in [3.05, 3.63) is 48.5 Å². The Morgan fingerprint density at radius 1 is 0.880 bits per heavy atom. The van der Waals surface area contributed by atoms with E-state index in [1.165, 1.54) is 6.92 Å². The van der Waals surface area contributed by atoms with Gasteiger partial charge in [-0.25, -0.2) is 0 Å². The first-order valence-electron chi connectivity index (χ1n) is 8.10. The van der Waals surface area contributed by atoms with E-state index in [1.54, 1.807) is 36.4 Å². The fraction of sp³-hybridized carbons (Fsp3) is 0.263. The van der Waals surface area contributed by atoms with Crippen molar-refractivity contribution in [1.82, 2.24) is 0 Å². The molecular weight excluding hydrogens is 318 g/mol. The van der Waals surface area contributed by atoms with Crippen LogP contribution in [0.5, 0.6) is 5.75 Å². The van der Waals surface area contributed by atoms with Crippen molar-refractivity contribution in [2.45, 2.75) is 26.9 Å². The minimum atomic E-state index is -0.150. The molecule has 2 amide bonds. The Balaban J connectivity index is 1.81. The predicted molar refractivity (Wildman–Crippen MR) is 100 cm³/mol. The largest absolute Gasteiger partial charge is 0.491 e. The molecule has 0 aliphatic carbocycles. The molecule has 0 aliphatic rings. The van der Waals surface area contributed by atoms with Crippen molar-refractivity contribution in [1.29, 1.82) is 0 Å². The Labute approximate surface area is 147 Å². The number of anilines is 3. The Bertz CT molecular complexity index is 710. The Kier molecular flexibility index (Phi) is 6.39. The Hall–Kier alpha value is -3.02. The van der Waals surface area contributed by atoms with E-state index >= 15 is 0 Å². The smallest absolute Gasteiger partial charge is 0.243 e. The topological polar surface area (TPSA) is 79.5 Å². The van der Waals surface area contributed by atoms with Gasteiger partial charge in [0, 0.05) is 24.0 Å². The number of carbonyl (C=O) groups is 2. The maximum Gasteiger partial charge on any atom is 0.243 e. The second-order valence-electron chi connectivity index (χ2n) is 5.85. The predicted octanol–water partition coefficient (Wildman–Crippen LogP) is 3.48. The second kappa shape index (κ2) is 8.73. The van der Waals surface area contributed by atoms with Crippen molar-refractivity contribution in [2.24, 2.45) is 0 Å². The number of hydrogen-bond donors (Lipinski definition) is 3. The summed E-state index contributed by atoms with van der Waals surface area (Å²) in [4.78, 5) is 23.0. The highest BCUT2D eigenvalue weighted by molar-refractivity contribution is 5.94. The summed E-state index contributed by atoms with van der Waals surface area (Å²) in [5.74, 6) is 0.499. The summed E-state index contributed by atoms with van der Waals surface area (Å²) in [7, 11) is 0. The molecule has 0 unspecified atom stereocenters. The molecule has 0 saturated heterocycles. The third kappa shape index (κ3) is 6.55. The van der Waals surface area contributed by atoms with Crippen LogP contribution in [0.25, 0.3) is 0 Å². The normalized spacial score (nSPS) is 10.2. The number of ether oxygens (including phenoxy) is 1. The van der Waals surface area contributed by atoms with E-state index in [1.807, 2.05) is 26.0 Å². The van der Waals surface area contributed by atoms with Crippen LogP contribution in [0.2, 0.25) is 0 Å². The van der Waals surface area contributed by atoms with E-state index in [2.05, 4.69) is 16.0 Å². The van der Waals surface area contributed by atoms with Gasteiger partial charge in [-0.3, -0.25) is 9.59 Å². The molecule has 0 radical (unpaired) electrons. The quantitative estimate of drug-likeness (QED) is 0.720. The van der Waals surface area contributed by atoms with Gasteiger partial charge < -0.3 is 20.7 Å². The van der Waals surface area contributed by atoms with Crippen molar-refractivity contribution in [3.8, 4) is 5.75 Å². The van der Waals surface area contributed by atoms with Crippen molar-refractivity contribution >= 4 is 28.9 Å². The first kappa shape index (κ1) is 18.3. The van der Waals surface area contributed by atoms with Crippen LogP contribution in [-0.4, -0.2) is 24.5 Å². The average Bonchev–Trinajstić information content (AvgIpc) is 2.55. The molecular formula is C19H23N3O3. The number of nitrogens with one attached hydrogen (secondary N) is 3. The molecule has 2 rings (SSSR count). The molecule has 0 bridgehead atoms. The lowest BCUT2D eigenvalue weighted by molar-refractivity contribution is -0.115. The molecule has 0 aliphatic heterocycles. The SMILES string of the molecule is CC(=O)Nc1ccc(NCC(=O)Nc2ccc(OC(C)C)cc2)cc1. The zero-order valence-corrected chi connectivity index (χ0v) is 14.6. The fourth-order valence-corrected chi connectivity index (χ4v) is 2.15. The number of carbonyl (C=O) groups excluding carboxylic acids is 2. The molecule has 6 heteroatoms. The van der Waals surface area contributed by atoms with E-state index in [4.69, 9.17) is 4.74 Å². The van der Waals surface area contributed by atoms with Gasteiger partial charge in [0.2, 0.25) is 11.8 Å². The van der Waals surface area contributed by atoms with E-state index in [-0.39, 0.29) is 24.5 Å². The Morgan fingerprint density at radius 2 is 1.40 bits per heavy atom. The van der Waals surface area contributed by atoms with Gasteiger partial charge in [0.25, 0.3) is 0 Å². The number of rotatable bonds is 7. The molecule has 0 heterocycles. The van der Waals surface area contributed by atoms with Crippen LogP contribution in [0.1, 0.15) is 20.8 Å². The van der Waals surface area contributed by atoms with Crippen LogP contribution in [0.3, 0.4) is 0 Å². The van der Waals surface area contributed by atoms with Crippen LogP contribution < -0.4 is 20.7 Å². The lowest BCUT2D eigenvalue weighted by Gasteiger charge is -2.11. The molecule has 25 heavy (non-hydrogen) atoms. The molecule has 2 aromatic carbocycles. The molecule has 0 saturated carbocycles. The molecule has 0 aromatic heterocycles. The monoisotopic (exact) mass is 341 g/mol. The third-order valence-corrected chi connectivity index (χ3v) is 3.17. The van der Waals surface area contributed by atoms with Crippen LogP contribution >= 0.6 is 0 Å². The third-order valence-electron chi connectivity index (χ3n) is 3.17. The maximum absolute atomic E-state index is 12.0. The molecule has 6 nitrogen and oxygen atoms in total. The van der Waals surface area contributed by atoms with Gasteiger partial charge in [-0.05, 0) is 62.4 Å². The Morgan fingerprint density at radius 3 is 1.96 bits per heavy atom. The standard InChI is InChI=1S/C19H23N3O3/c1-13(2)25-18-10-8-17(9-11-18)22-19(24)12-20-15-4-6-16(7-5-15)21-14(3)23/h4-11,13,20H,12H2,1-3H3,(H,21,23)(H,22,24). The molecule has 0 spiro atoms. The van der Waals surface area contributed by atoms with Crippen LogP contribution in [0.4, 0.5) is 17.1 Å². The molecule has 3 N–H and O–H groups in total. The highest BCUT2D eigenvalue weighted by Gasteiger charge is 2.04. The van der Waals surface area contributed by atoms with Crippen molar-refractivity contribution in [2.75, 3.05) is 22.5 Å². The van der Waals surface area contributed by atoms with Gasteiger partial charge in [0.05, 0.1) is 12.6 Å². The van der Waals surface area contributed by atoms with Gasteiger partial charge >= 0.3 is 0 Å². The van der Waals surface area contributed by atoms with E-state index in [0.29, 0.717) is 11.4 Å². The fourth-order valence-electron chi connectivity index (χ4n) is 2.15. The molecule has 132 valence electrons. The highest BCUT2D eigenvalue weighted by Crippen LogP contribution is 2.17. The van der Waals surface area contributed by atoms with E-state index in [0.717, 1.165) is 11.4 Å². The van der Waals surface area contributed by atoms with Gasteiger partial charge in [0.1, 0.15) is 5.75 Å². The van der Waals surface area contributed by atoms with E-state index < -0.39 is 0 Å². The minimum absolute atomic E-state index is 0.113. The molecule has 2 aromatic rings. The molecule has 0 fully saturated rings. The summed E-state index contributed by atoms with van der Waals surface area (Å²) >= 11 is 0. The van der Waals surface area contributed by atoms with Crippen LogP contribution in [0, 0.1) is 0 Å². The second-order valence-corrected chi connectivity index (χ2v) is 5.85. The maximum atomic E-state index is 12.0. The lowest BCUT2D eigenvalue weighted by atomic mass is 10.2. The minimum Gasteiger partial charge on any atom is -0.491 e. The number of hydrogen-bond acceptors (Lipinski definition) is 4. The number of amides is 2. The van der Waals surface area contributed by atoms with Crippen LogP contribution in [-0.2, 0) is 9.59 Å². The van der Waals surface area contributed by atoms with Gasteiger partial charge in [-0.2, -0.15) is 0 Å². The van der Waals surface area contributed by atoms with Crippen molar-refractivity contribution < 1.29 is 14.3 Å². The number of benzene rings is 2.